The molecule has 1 saturated heterocycles. The summed E-state index contributed by atoms with van der Waals surface area (Å²) >= 11 is 0. The second-order valence-corrected chi connectivity index (χ2v) is 11.8. The maximum Gasteiger partial charge on any atom is 0.286 e. The van der Waals surface area contributed by atoms with Crippen LogP contribution in [0.4, 0.5) is 5.69 Å². The molecule has 230 valence electrons. The van der Waals surface area contributed by atoms with E-state index < -0.39 is 5.54 Å². The fourth-order valence-electron chi connectivity index (χ4n) is 6.47. The molecule has 0 bridgehead atoms. The van der Waals surface area contributed by atoms with Gasteiger partial charge < -0.3 is 25.1 Å². The Bertz CT molecular complexity index is 1900. The Morgan fingerprint density at radius 2 is 1.84 bits per heavy atom. The number of pyridine rings is 1. The van der Waals surface area contributed by atoms with Crippen LogP contribution in [-0.2, 0) is 9.53 Å². The number of furan rings is 1. The van der Waals surface area contributed by atoms with Gasteiger partial charge in [0.25, 0.3) is 17.7 Å². The minimum atomic E-state index is -1.26. The van der Waals surface area contributed by atoms with Crippen LogP contribution >= 0.6 is 0 Å². The number of nitrogens with zero attached hydrogens (tertiary/aromatic N) is 3. The van der Waals surface area contributed by atoms with Gasteiger partial charge >= 0.3 is 0 Å². The molecule has 5 aromatic rings. The fraction of sp³-hybridized carbons (Fsp3) is 0.324. The first-order valence-corrected chi connectivity index (χ1v) is 15.4. The molecular weight excluding hydrogens is 572 g/mol. The van der Waals surface area contributed by atoms with Crippen LogP contribution in [0.5, 0.6) is 0 Å². The van der Waals surface area contributed by atoms with Crippen LogP contribution in [-0.4, -0.2) is 58.3 Å². The van der Waals surface area contributed by atoms with Crippen LogP contribution in [0.25, 0.3) is 27.7 Å². The lowest BCUT2D eigenvalue weighted by Crippen LogP contribution is -2.57. The number of benzene rings is 2. The number of hydrogen-bond donors (Lipinski definition) is 3. The molecule has 11 nitrogen and oxygen atoms in total. The zero-order valence-corrected chi connectivity index (χ0v) is 25.0. The molecule has 3 N–H and O–H groups in total. The number of aromatic nitrogens is 3. The molecular formula is C34H34N6O5. The highest BCUT2D eigenvalue weighted by Crippen LogP contribution is 2.38. The number of carbonyl (C=O) groups excluding carboxylic acids is 3. The Kier molecular flexibility index (Phi) is 7.54. The smallest absolute Gasteiger partial charge is 0.286 e. The summed E-state index contributed by atoms with van der Waals surface area (Å²) in [6.07, 6.45) is 7.87. The fourth-order valence-corrected chi connectivity index (χ4v) is 6.47. The molecule has 3 amide bonds. The van der Waals surface area contributed by atoms with E-state index >= 15 is 0 Å². The summed E-state index contributed by atoms with van der Waals surface area (Å²) in [6, 6.07) is 18.0. The van der Waals surface area contributed by atoms with E-state index in [1.54, 1.807) is 42.6 Å². The summed E-state index contributed by atoms with van der Waals surface area (Å²) in [5.74, 6) is 0.180. The van der Waals surface area contributed by atoms with Crippen molar-refractivity contribution in [2.75, 3.05) is 25.6 Å². The van der Waals surface area contributed by atoms with Gasteiger partial charge in [0.15, 0.2) is 11.6 Å². The number of fused-ring (bicyclic) bond motifs is 2. The molecule has 2 aliphatic rings. The third-order valence-electron chi connectivity index (χ3n) is 8.86. The van der Waals surface area contributed by atoms with Crippen molar-refractivity contribution in [2.24, 2.45) is 0 Å². The first-order valence-electron chi connectivity index (χ1n) is 15.4. The van der Waals surface area contributed by atoms with Crippen molar-refractivity contribution in [3.63, 3.8) is 0 Å². The molecule has 1 aliphatic heterocycles. The van der Waals surface area contributed by atoms with Gasteiger partial charge in [-0.05, 0) is 61.4 Å². The normalized spacial score (nSPS) is 18.7. The van der Waals surface area contributed by atoms with E-state index in [9.17, 15) is 14.4 Å². The first-order chi connectivity index (χ1) is 21.9. The molecule has 2 aromatic carbocycles. The third-order valence-corrected chi connectivity index (χ3v) is 8.86. The summed E-state index contributed by atoms with van der Waals surface area (Å²) in [6.45, 7) is 0.379. The molecule has 4 heterocycles. The first kappa shape index (κ1) is 28.7. The van der Waals surface area contributed by atoms with Gasteiger partial charge in [-0.3, -0.25) is 14.4 Å². The minimum absolute atomic E-state index is 0.0434. The van der Waals surface area contributed by atoms with Crippen molar-refractivity contribution in [1.29, 1.82) is 0 Å². The standard InChI is InChI=1S/C34H34N6O5/c1-35-32(42)28-19-23-17-24(11-13-27(23)45-28)37-33(43)34(14-16-44-20-34)38-31(41)22-10-12-25-26(18-22)39-40(29-9-5-6-15-36-29)30(25)21-7-3-2-4-8-21/h5-6,9-13,15,17-19,21H,2-4,7-8,14,16,20H2,1H3,(H,35,42)(H,37,43)(H,38,41)/t34-/m0/s1. The van der Waals surface area contributed by atoms with Gasteiger partial charge in [-0.15, -0.1) is 0 Å². The maximum atomic E-state index is 13.7. The lowest BCUT2D eigenvalue weighted by Gasteiger charge is -2.27. The molecule has 0 spiro atoms. The van der Waals surface area contributed by atoms with Crippen molar-refractivity contribution < 1.29 is 23.5 Å². The van der Waals surface area contributed by atoms with Gasteiger partial charge in [0.2, 0.25) is 0 Å². The monoisotopic (exact) mass is 606 g/mol. The molecule has 11 heteroatoms. The summed E-state index contributed by atoms with van der Waals surface area (Å²) < 4.78 is 13.1. The zero-order valence-electron chi connectivity index (χ0n) is 25.0. The highest BCUT2D eigenvalue weighted by Gasteiger charge is 2.44. The second kappa shape index (κ2) is 11.8. The lowest BCUT2D eigenvalue weighted by molar-refractivity contribution is -0.122. The van der Waals surface area contributed by atoms with E-state index in [0.717, 1.165) is 29.7 Å². The third kappa shape index (κ3) is 5.44. The number of nitrogens with one attached hydrogen (secondary N) is 3. The predicted molar refractivity (Wildman–Crippen MR) is 169 cm³/mol. The minimum Gasteiger partial charge on any atom is -0.451 e. The topological polar surface area (TPSA) is 140 Å². The molecule has 0 radical (unpaired) electrons. The van der Waals surface area contributed by atoms with Crippen molar-refractivity contribution in [3.8, 4) is 5.82 Å². The highest BCUT2D eigenvalue weighted by atomic mass is 16.5. The van der Waals surface area contributed by atoms with E-state index in [1.807, 2.05) is 28.9 Å². The van der Waals surface area contributed by atoms with E-state index in [1.165, 1.54) is 26.3 Å². The van der Waals surface area contributed by atoms with Crippen LogP contribution in [0.1, 0.15) is 71.0 Å². The summed E-state index contributed by atoms with van der Waals surface area (Å²) in [4.78, 5) is 43.9. The molecule has 7 rings (SSSR count). The van der Waals surface area contributed by atoms with Crippen molar-refractivity contribution in [1.82, 2.24) is 25.4 Å². The number of anilines is 1. The molecule has 0 unspecified atom stereocenters. The van der Waals surface area contributed by atoms with Gasteiger partial charge in [0, 0.05) is 54.2 Å². The second-order valence-electron chi connectivity index (χ2n) is 11.8. The van der Waals surface area contributed by atoms with Gasteiger partial charge in [-0.25, -0.2) is 9.67 Å². The Morgan fingerprint density at radius 3 is 2.60 bits per heavy atom. The number of ether oxygens (including phenoxy) is 1. The average Bonchev–Trinajstić information content (AvgIpc) is 3.82. The Balaban J connectivity index is 1.15. The average molecular weight is 607 g/mol. The van der Waals surface area contributed by atoms with Crippen LogP contribution in [0, 0.1) is 0 Å². The van der Waals surface area contributed by atoms with Gasteiger partial charge in [-0.1, -0.05) is 31.4 Å². The predicted octanol–water partition coefficient (Wildman–Crippen LogP) is 5.10. The summed E-state index contributed by atoms with van der Waals surface area (Å²) in [5, 5.41) is 15.0. The van der Waals surface area contributed by atoms with Gasteiger partial charge in [0.1, 0.15) is 11.1 Å². The Hall–Kier alpha value is -5.03. The van der Waals surface area contributed by atoms with Crippen molar-refractivity contribution in [3.05, 3.63) is 83.9 Å². The summed E-state index contributed by atoms with van der Waals surface area (Å²) in [7, 11) is 1.53. The molecule has 1 saturated carbocycles. The van der Waals surface area contributed by atoms with E-state index in [4.69, 9.17) is 14.3 Å². The van der Waals surface area contributed by atoms with Crippen molar-refractivity contribution >= 4 is 45.3 Å². The molecule has 45 heavy (non-hydrogen) atoms. The molecule has 2 fully saturated rings. The summed E-state index contributed by atoms with van der Waals surface area (Å²) in [5.41, 5.74) is 2.02. The lowest BCUT2D eigenvalue weighted by atomic mass is 9.85. The zero-order chi connectivity index (χ0) is 31.0. The quantitative estimate of drug-likeness (QED) is 0.234. The van der Waals surface area contributed by atoms with Gasteiger partial charge in [0.05, 0.1) is 17.8 Å². The van der Waals surface area contributed by atoms with Crippen LogP contribution in [0.2, 0.25) is 0 Å². The Labute approximate surface area is 259 Å². The number of carbonyl (C=O) groups is 3. The largest absolute Gasteiger partial charge is 0.451 e. The van der Waals surface area contributed by atoms with Gasteiger partial charge in [-0.2, -0.15) is 5.10 Å². The van der Waals surface area contributed by atoms with E-state index in [0.29, 0.717) is 46.7 Å². The van der Waals surface area contributed by atoms with Crippen LogP contribution < -0.4 is 16.0 Å². The highest BCUT2D eigenvalue weighted by molar-refractivity contribution is 6.06. The van der Waals surface area contributed by atoms with E-state index in [-0.39, 0.29) is 30.1 Å². The van der Waals surface area contributed by atoms with Crippen LogP contribution in [0.15, 0.2) is 71.3 Å². The number of rotatable bonds is 7. The van der Waals surface area contributed by atoms with E-state index in [2.05, 4.69) is 20.9 Å². The maximum absolute atomic E-state index is 13.7. The number of amides is 3. The van der Waals surface area contributed by atoms with Crippen molar-refractivity contribution in [2.45, 2.75) is 50.0 Å². The Morgan fingerprint density at radius 1 is 0.978 bits per heavy atom. The molecule has 3 aromatic heterocycles. The SMILES string of the molecule is CNC(=O)c1cc2cc(NC(=O)[C@]3(NC(=O)c4ccc5c(C6CCCCC6)n(-c6ccccn6)nc5c4)CCOC3)ccc2o1. The number of hydrogen-bond acceptors (Lipinski definition) is 7. The van der Waals surface area contributed by atoms with Crippen LogP contribution in [0.3, 0.4) is 0 Å². The molecule has 1 aliphatic carbocycles. The molecule has 1 atom stereocenters.